The first-order valence-electron chi connectivity index (χ1n) is 9.22. The highest BCUT2D eigenvalue weighted by Crippen LogP contribution is 2.35. The van der Waals surface area contributed by atoms with Crippen molar-refractivity contribution >= 4 is 57.1 Å². The Morgan fingerprint density at radius 3 is 2.69 bits per heavy atom. The summed E-state index contributed by atoms with van der Waals surface area (Å²) >= 11 is 13.6. The summed E-state index contributed by atoms with van der Waals surface area (Å²) in [5, 5.41) is 7.39. The standard InChI is InChI=1S/C20H19Cl2N5OS/c1-10-5-13(6-12-3-4-12)7-14(21)18(10)27-19(28)15-9-23-20(29-15)26-17-8-16(22)24-11(2)25-17/h5,7-9,12H,3-4,6H2,1-2H3,(H,27,28)(H,23,24,25,26). The van der Waals surface area contributed by atoms with Gasteiger partial charge in [-0.1, -0.05) is 40.6 Å². The molecule has 3 aromatic rings. The maximum atomic E-state index is 12.7. The lowest BCUT2D eigenvalue weighted by molar-refractivity contribution is 0.103. The minimum absolute atomic E-state index is 0.257. The number of nitrogens with one attached hydrogen (secondary N) is 2. The predicted molar refractivity (Wildman–Crippen MR) is 118 cm³/mol. The maximum absolute atomic E-state index is 12.7. The van der Waals surface area contributed by atoms with E-state index in [2.05, 4.69) is 31.7 Å². The summed E-state index contributed by atoms with van der Waals surface area (Å²) in [5.41, 5.74) is 2.81. The van der Waals surface area contributed by atoms with Gasteiger partial charge in [0, 0.05) is 6.07 Å². The lowest BCUT2D eigenvalue weighted by Gasteiger charge is -2.12. The van der Waals surface area contributed by atoms with Gasteiger partial charge >= 0.3 is 0 Å². The molecule has 1 aliphatic rings. The summed E-state index contributed by atoms with van der Waals surface area (Å²) < 4.78 is 0. The van der Waals surface area contributed by atoms with Gasteiger partial charge in [0.25, 0.3) is 5.91 Å². The molecule has 1 aliphatic carbocycles. The van der Waals surface area contributed by atoms with Crippen LogP contribution in [0.2, 0.25) is 10.2 Å². The summed E-state index contributed by atoms with van der Waals surface area (Å²) in [5.74, 6) is 1.59. The largest absolute Gasteiger partial charge is 0.320 e. The lowest BCUT2D eigenvalue weighted by Crippen LogP contribution is -2.12. The van der Waals surface area contributed by atoms with Crippen LogP contribution in [0.3, 0.4) is 0 Å². The van der Waals surface area contributed by atoms with E-state index in [1.165, 1.54) is 35.9 Å². The van der Waals surface area contributed by atoms with Crippen LogP contribution in [0.5, 0.6) is 0 Å². The maximum Gasteiger partial charge on any atom is 0.267 e. The third kappa shape index (κ3) is 5.04. The number of aryl methyl sites for hydroxylation is 2. The molecule has 2 N–H and O–H groups in total. The Morgan fingerprint density at radius 2 is 2.00 bits per heavy atom. The van der Waals surface area contributed by atoms with Crippen molar-refractivity contribution in [2.24, 2.45) is 5.92 Å². The monoisotopic (exact) mass is 447 g/mol. The number of halogens is 2. The fourth-order valence-corrected chi connectivity index (χ4v) is 4.34. The zero-order valence-electron chi connectivity index (χ0n) is 15.9. The van der Waals surface area contributed by atoms with Crippen LogP contribution in [-0.2, 0) is 6.42 Å². The number of hydrogen-bond acceptors (Lipinski definition) is 6. The van der Waals surface area contributed by atoms with Crippen molar-refractivity contribution in [2.75, 3.05) is 10.6 Å². The minimum Gasteiger partial charge on any atom is -0.320 e. The van der Waals surface area contributed by atoms with Crippen LogP contribution in [0.25, 0.3) is 0 Å². The number of aromatic nitrogens is 3. The van der Waals surface area contributed by atoms with Gasteiger partial charge in [-0.05, 0) is 56.2 Å². The van der Waals surface area contributed by atoms with Crippen LogP contribution >= 0.6 is 34.5 Å². The molecule has 1 aromatic carbocycles. The Kier molecular flexibility index (Phi) is 5.72. The van der Waals surface area contributed by atoms with E-state index >= 15 is 0 Å². The average molecular weight is 448 g/mol. The van der Waals surface area contributed by atoms with E-state index in [9.17, 15) is 4.79 Å². The van der Waals surface area contributed by atoms with Gasteiger partial charge in [-0.3, -0.25) is 4.79 Å². The molecule has 0 atom stereocenters. The second-order valence-electron chi connectivity index (χ2n) is 7.15. The summed E-state index contributed by atoms with van der Waals surface area (Å²) in [6, 6.07) is 5.64. The number of anilines is 3. The van der Waals surface area contributed by atoms with E-state index in [1.807, 2.05) is 13.0 Å². The lowest BCUT2D eigenvalue weighted by atomic mass is 10.0. The number of hydrogen-bond donors (Lipinski definition) is 2. The van der Waals surface area contributed by atoms with Crippen LogP contribution in [0.1, 0.15) is 39.5 Å². The van der Waals surface area contributed by atoms with Gasteiger partial charge in [0.1, 0.15) is 21.7 Å². The van der Waals surface area contributed by atoms with Crippen LogP contribution in [0.4, 0.5) is 16.6 Å². The number of carbonyl (C=O) groups excluding carboxylic acids is 1. The number of benzene rings is 1. The quantitative estimate of drug-likeness (QED) is 0.466. The highest BCUT2D eigenvalue weighted by atomic mass is 35.5. The van der Waals surface area contributed by atoms with E-state index in [1.54, 1.807) is 13.0 Å². The number of amides is 1. The molecule has 1 amide bonds. The van der Waals surface area contributed by atoms with Crippen LogP contribution in [0, 0.1) is 19.8 Å². The molecule has 150 valence electrons. The van der Waals surface area contributed by atoms with Crippen molar-refractivity contribution in [1.82, 2.24) is 15.0 Å². The smallest absolute Gasteiger partial charge is 0.267 e. The number of thiazole rings is 1. The molecule has 29 heavy (non-hydrogen) atoms. The second kappa shape index (κ2) is 8.26. The first-order chi connectivity index (χ1) is 13.9. The Hall–Kier alpha value is -2.22. The molecule has 0 bridgehead atoms. The second-order valence-corrected chi connectivity index (χ2v) is 8.97. The van der Waals surface area contributed by atoms with Crippen molar-refractivity contribution in [3.05, 3.63) is 56.4 Å². The first kappa shape index (κ1) is 20.1. The zero-order valence-corrected chi connectivity index (χ0v) is 18.3. The highest BCUT2D eigenvalue weighted by molar-refractivity contribution is 7.17. The molecule has 1 saturated carbocycles. The average Bonchev–Trinajstić information content (AvgIpc) is 3.32. The molecule has 6 nitrogen and oxygen atoms in total. The van der Waals surface area contributed by atoms with Gasteiger partial charge < -0.3 is 10.6 Å². The van der Waals surface area contributed by atoms with Gasteiger partial charge in [-0.25, -0.2) is 15.0 Å². The number of nitrogens with zero attached hydrogens (tertiary/aromatic N) is 3. The Balaban J connectivity index is 1.46. The van der Waals surface area contributed by atoms with E-state index < -0.39 is 0 Å². The Bertz CT molecular complexity index is 1040. The molecular formula is C20H19Cl2N5OS. The molecule has 0 saturated heterocycles. The third-order valence-electron chi connectivity index (χ3n) is 4.58. The Morgan fingerprint density at radius 1 is 1.21 bits per heavy atom. The molecule has 0 unspecified atom stereocenters. The van der Waals surface area contributed by atoms with Gasteiger partial charge in [0.15, 0.2) is 5.13 Å². The molecule has 0 radical (unpaired) electrons. The van der Waals surface area contributed by atoms with Crippen LogP contribution in [-0.4, -0.2) is 20.9 Å². The summed E-state index contributed by atoms with van der Waals surface area (Å²) in [6.45, 7) is 3.71. The van der Waals surface area contributed by atoms with Crippen molar-refractivity contribution in [2.45, 2.75) is 33.1 Å². The molecular weight excluding hydrogens is 429 g/mol. The molecule has 0 spiro atoms. The van der Waals surface area contributed by atoms with E-state index in [0.29, 0.717) is 37.5 Å². The van der Waals surface area contributed by atoms with Crippen molar-refractivity contribution < 1.29 is 4.79 Å². The molecule has 2 heterocycles. The molecule has 1 fully saturated rings. The van der Waals surface area contributed by atoms with Crippen molar-refractivity contribution in [1.29, 1.82) is 0 Å². The summed E-state index contributed by atoms with van der Waals surface area (Å²) in [6.07, 6.45) is 5.14. The topological polar surface area (TPSA) is 79.8 Å². The van der Waals surface area contributed by atoms with Crippen LogP contribution in [0.15, 0.2) is 24.4 Å². The molecule has 2 aromatic heterocycles. The molecule has 9 heteroatoms. The van der Waals surface area contributed by atoms with Gasteiger partial charge in [-0.15, -0.1) is 0 Å². The SMILES string of the molecule is Cc1nc(Cl)cc(Nc2ncc(C(=O)Nc3c(C)cc(CC4CC4)cc3Cl)s2)n1. The highest BCUT2D eigenvalue weighted by Gasteiger charge is 2.22. The third-order valence-corrected chi connectivity index (χ3v) is 5.98. The Labute approximate surface area is 182 Å². The fourth-order valence-electron chi connectivity index (χ4n) is 3.06. The fraction of sp³-hybridized carbons (Fsp3) is 0.300. The van der Waals surface area contributed by atoms with E-state index in [-0.39, 0.29) is 5.91 Å². The zero-order chi connectivity index (χ0) is 20.5. The minimum atomic E-state index is -0.257. The molecule has 4 rings (SSSR count). The van der Waals surface area contributed by atoms with Crippen molar-refractivity contribution in [3.8, 4) is 0 Å². The number of carbonyl (C=O) groups is 1. The normalized spacial score (nSPS) is 13.4. The summed E-state index contributed by atoms with van der Waals surface area (Å²) in [7, 11) is 0. The van der Waals surface area contributed by atoms with Gasteiger partial charge in [-0.2, -0.15) is 0 Å². The van der Waals surface area contributed by atoms with E-state index in [0.717, 1.165) is 17.9 Å². The predicted octanol–water partition coefficient (Wildman–Crippen LogP) is 5.81. The summed E-state index contributed by atoms with van der Waals surface area (Å²) in [4.78, 5) is 25.7. The molecule has 0 aliphatic heterocycles. The first-order valence-corrected chi connectivity index (χ1v) is 10.8. The number of rotatable bonds is 6. The van der Waals surface area contributed by atoms with Crippen molar-refractivity contribution in [3.63, 3.8) is 0 Å². The van der Waals surface area contributed by atoms with Crippen LogP contribution < -0.4 is 10.6 Å². The van der Waals surface area contributed by atoms with Gasteiger partial charge in [0.2, 0.25) is 0 Å². The van der Waals surface area contributed by atoms with Gasteiger partial charge in [0.05, 0.1) is 16.9 Å². The van der Waals surface area contributed by atoms with E-state index in [4.69, 9.17) is 23.2 Å².